The molecule has 3 fully saturated rings. The minimum atomic E-state index is 0.378. The van der Waals surface area contributed by atoms with Crippen molar-refractivity contribution in [3.63, 3.8) is 0 Å². The zero-order chi connectivity index (χ0) is 7.14. The molecule has 2 aliphatic heterocycles. The van der Waals surface area contributed by atoms with E-state index in [4.69, 9.17) is 5.41 Å². The number of fused-ring (bicyclic) bond motifs is 2. The van der Waals surface area contributed by atoms with Gasteiger partial charge < -0.3 is 10.3 Å². The summed E-state index contributed by atoms with van der Waals surface area (Å²) in [6.45, 7) is 0. The second-order valence-corrected chi connectivity index (χ2v) is 3.11. The lowest BCUT2D eigenvalue weighted by molar-refractivity contribution is -0.130. The lowest BCUT2D eigenvalue weighted by atomic mass is 9.79. The summed E-state index contributed by atoms with van der Waals surface area (Å²) in [6, 6.07) is 0.757. The van der Waals surface area contributed by atoms with Gasteiger partial charge in [0.05, 0.1) is 0 Å². The Morgan fingerprint density at radius 3 is 2.60 bits per heavy atom. The van der Waals surface area contributed by atoms with Gasteiger partial charge in [-0.3, -0.25) is 4.79 Å². The molecule has 3 aliphatic rings. The fraction of sp³-hybridized carbons (Fsp3) is 0.714. The molecule has 2 bridgehead atoms. The molecule has 1 amide bonds. The highest BCUT2D eigenvalue weighted by molar-refractivity contribution is 5.85. The van der Waals surface area contributed by atoms with Crippen molar-refractivity contribution >= 4 is 12.1 Å². The van der Waals surface area contributed by atoms with Gasteiger partial charge in [-0.25, -0.2) is 0 Å². The van der Waals surface area contributed by atoms with E-state index in [1.807, 2.05) is 4.90 Å². The Kier molecular flexibility index (Phi) is 1.07. The summed E-state index contributed by atoms with van der Waals surface area (Å²) in [4.78, 5) is 12.2. The topological polar surface area (TPSA) is 44.2 Å². The average Bonchev–Trinajstić information content (AvgIpc) is 1.87. The first kappa shape index (κ1) is 5.89. The van der Waals surface area contributed by atoms with Crippen molar-refractivity contribution in [3.05, 3.63) is 0 Å². The maximum Gasteiger partial charge on any atom is 0.210 e. The molecular formula is C7H10N2O. The Balaban J connectivity index is 2.09. The van der Waals surface area contributed by atoms with E-state index in [2.05, 4.69) is 0 Å². The van der Waals surface area contributed by atoms with Gasteiger partial charge in [0, 0.05) is 30.6 Å². The minimum absolute atomic E-state index is 0.378. The maximum atomic E-state index is 10.4. The zero-order valence-corrected chi connectivity index (χ0v) is 5.71. The number of rotatable bonds is 1. The second kappa shape index (κ2) is 1.81. The van der Waals surface area contributed by atoms with Crippen LogP contribution in [0.4, 0.5) is 0 Å². The molecule has 1 N–H and O–H groups in total. The summed E-state index contributed by atoms with van der Waals surface area (Å²) in [5.74, 6) is 0. The van der Waals surface area contributed by atoms with Crippen molar-refractivity contribution in [2.45, 2.75) is 31.3 Å². The first-order valence-corrected chi connectivity index (χ1v) is 3.60. The van der Waals surface area contributed by atoms with Crippen molar-refractivity contribution in [2.24, 2.45) is 0 Å². The number of carbonyl (C=O) groups is 1. The number of nitrogens with zero attached hydrogens (tertiary/aromatic N) is 1. The summed E-state index contributed by atoms with van der Waals surface area (Å²) < 4.78 is 0. The molecule has 0 radical (unpaired) electrons. The minimum Gasteiger partial charge on any atom is -0.338 e. The fourth-order valence-corrected chi connectivity index (χ4v) is 1.92. The Bertz CT molecular complexity index is 176. The smallest absolute Gasteiger partial charge is 0.210 e. The van der Waals surface area contributed by atoms with E-state index in [1.165, 1.54) is 0 Å². The van der Waals surface area contributed by atoms with Crippen LogP contribution in [0.15, 0.2) is 0 Å². The molecule has 0 unspecified atom stereocenters. The summed E-state index contributed by atoms with van der Waals surface area (Å²) in [7, 11) is 0. The van der Waals surface area contributed by atoms with Gasteiger partial charge in [-0.15, -0.1) is 0 Å². The Morgan fingerprint density at radius 1 is 1.50 bits per heavy atom. The van der Waals surface area contributed by atoms with Gasteiger partial charge in [-0.1, -0.05) is 0 Å². The summed E-state index contributed by atoms with van der Waals surface area (Å²) in [5.41, 5.74) is 0.819. The average molecular weight is 138 g/mol. The molecule has 3 rings (SSSR count). The van der Waals surface area contributed by atoms with Gasteiger partial charge in [0.1, 0.15) is 0 Å². The zero-order valence-electron chi connectivity index (χ0n) is 5.71. The number of carbonyl (C=O) groups excluding carboxylic acids is 1. The molecule has 2 saturated heterocycles. The third kappa shape index (κ3) is 0.602. The van der Waals surface area contributed by atoms with Crippen molar-refractivity contribution < 1.29 is 4.79 Å². The molecule has 1 aliphatic carbocycles. The normalized spacial score (nSPS) is 37.2. The van der Waals surface area contributed by atoms with Crippen molar-refractivity contribution in [2.75, 3.05) is 0 Å². The van der Waals surface area contributed by atoms with E-state index in [0.717, 1.165) is 31.4 Å². The molecule has 3 nitrogen and oxygen atoms in total. The number of piperidine rings is 1. The van der Waals surface area contributed by atoms with Crippen LogP contribution >= 0.6 is 0 Å². The summed E-state index contributed by atoms with van der Waals surface area (Å²) in [6.07, 6.45) is 3.68. The van der Waals surface area contributed by atoms with E-state index < -0.39 is 0 Å². The third-order valence-corrected chi connectivity index (χ3v) is 2.47. The number of amides is 1. The van der Waals surface area contributed by atoms with Crippen LogP contribution in [-0.4, -0.2) is 29.1 Å². The van der Waals surface area contributed by atoms with Gasteiger partial charge in [0.15, 0.2) is 0 Å². The fourth-order valence-electron chi connectivity index (χ4n) is 1.92. The number of nitrogens with one attached hydrogen (secondary N) is 1. The molecule has 0 spiro atoms. The van der Waals surface area contributed by atoms with Crippen LogP contribution in [0.3, 0.4) is 0 Å². The van der Waals surface area contributed by atoms with Crippen LogP contribution in [0.25, 0.3) is 0 Å². The highest BCUT2D eigenvalue weighted by Crippen LogP contribution is 2.34. The van der Waals surface area contributed by atoms with Crippen LogP contribution in [0, 0.1) is 5.41 Å². The lowest BCUT2D eigenvalue weighted by Gasteiger charge is -2.50. The van der Waals surface area contributed by atoms with Gasteiger partial charge in [0.2, 0.25) is 6.41 Å². The quantitative estimate of drug-likeness (QED) is 0.524. The molecule has 2 atom stereocenters. The van der Waals surface area contributed by atoms with Gasteiger partial charge in [-0.05, 0) is 6.42 Å². The highest BCUT2D eigenvalue weighted by atomic mass is 16.1. The lowest BCUT2D eigenvalue weighted by Crippen LogP contribution is -2.60. The first-order valence-electron chi connectivity index (χ1n) is 3.60. The summed E-state index contributed by atoms with van der Waals surface area (Å²) >= 11 is 0. The van der Waals surface area contributed by atoms with Crippen molar-refractivity contribution in [1.29, 1.82) is 5.41 Å². The number of hydrogen-bond donors (Lipinski definition) is 1. The molecule has 1 saturated carbocycles. The van der Waals surface area contributed by atoms with E-state index in [0.29, 0.717) is 12.1 Å². The van der Waals surface area contributed by atoms with Gasteiger partial charge in [0.25, 0.3) is 0 Å². The predicted molar refractivity (Wildman–Crippen MR) is 37.1 cm³/mol. The molecular weight excluding hydrogens is 128 g/mol. The Hall–Kier alpha value is -0.860. The largest absolute Gasteiger partial charge is 0.338 e. The van der Waals surface area contributed by atoms with Crippen LogP contribution in [0.1, 0.15) is 19.3 Å². The van der Waals surface area contributed by atoms with Crippen molar-refractivity contribution in [1.82, 2.24) is 4.90 Å². The molecule has 10 heavy (non-hydrogen) atoms. The Morgan fingerprint density at radius 2 is 2.10 bits per heavy atom. The van der Waals surface area contributed by atoms with Crippen LogP contribution in [0.2, 0.25) is 0 Å². The standard InChI is InChI=1S/C7H10N2O/c8-5-1-6-3-7(2-5)9(6)4-10/h4,6-8H,1-3H2/t6-,7+. The molecule has 54 valence electrons. The molecule has 3 heteroatoms. The first-order chi connectivity index (χ1) is 4.81. The van der Waals surface area contributed by atoms with E-state index >= 15 is 0 Å². The summed E-state index contributed by atoms with van der Waals surface area (Å²) in [5, 5.41) is 7.37. The van der Waals surface area contributed by atoms with E-state index in [-0.39, 0.29) is 0 Å². The second-order valence-electron chi connectivity index (χ2n) is 3.11. The maximum absolute atomic E-state index is 10.4. The molecule has 0 aromatic heterocycles. The van der Waals surface area contributed by atoms with E-state index in [1.54, 1.807) is 0 Å². The number of hydrogen-bond acceptors (Lipinski definition) is 2. The SMILES string of the molecule is N=C1C[C@@H]2C[C@H](C1)N2C=O. The Labute approximate surface area is 59.5 Å². The molecule has 0 aromatic rings. The molecule has 2 heterocycles. The molecule has 0 aromatic carbocycles. The predicted octanol–water partition coefficient (Wildman–Crippen LogP) is 0.399. The van der Waals surface area contributed by atoms with Crippen LogP contribution in [0.5, 0.6) is 0 Å². The van der Waals surface area contributed by atoms with Gasteiger partial charge in [-0.2, -0.15) is 0 Å². The highest BCUT2D eigenvalue weighted by Gasteiger charge is 2.42. The third-order valence-electron chi connectivity index (χ3n) is 2.47. The van der Waals surface area contributed by atoms with E-state index in [9.17, 15) is 4.79 Å². The van der Waals surface area contributed by atoms with Gasteiger partial charge >= 0.3 is 0 Å². The van der Waals surface area contributed by atoms with Crippen LogP contribution < -0.4 is 0 Å². The monoisotopic (exact) mass is 138 g/mol. The van der Waals surface area contributed by atoms with Crippen molar-refractivity contribution in [3.8, 4) is 0 Å². The van der Waals surface area contributed by atoms with Crippen LogP contribution in [-0.2, 0) is 4.79 Å².